The summed E-state index contributed by atoms with van der Waals surface area (Å²) in [5, 5.41) is 1.15. The zero-order valence-corrected chi connectivity index (χ0v) is 15.1. The number of amides is 2. The number of aromatic nitrogens is 2. The lowest BCUT2D eigenvalue weighted by Crippen LogP contribution is -2.44. The lowest BCUT2D eigenvalue weighted by Gasteiger charge is -2.34. The second kappa shape index (κ2) is 7.48. The van der Waals surface area contributed by atoms with E-state index in [1.165, 1.54) is 0 Å². The first-order valence-electron chi connectivity index (χ1n) is 9.65. The number of hydrogen-bond acceptors (Lipinski definition) is 3. The van der Waals surface area contributed by atoms with Crippen LogP contribution in [0.25, 0.3) is 10.9 Å². The summed E-state index contributed by atoms with van der Waals surface area (Å²) < 4.78 is 2.10. The Morgan fingerprint density at radius 2 is 2.15 bits per heavy atom. The number of fused-ring (bicyclic) bond motifs is 1. The lowest BCUT2D eigenvalue weighted by atomic mass is 9.97. The van der Waals surface area contributed by atoms with E-state index < -0.39 is 0 Å². The van der Waals surface area contributed by atoms with Crippen molar-refractivity contribution in [2.45, 2.75) is 38.6 Å². The third kappa shape index (κ3) is 3.59. The number of pyridine rings is 1. The minimum Gasteiger partial charge on any atom is -0.346 e. The Morgan fingerprint density at radius 1 is 1.23 bits per heavy atom. The number of carbonyl (C=O) groups excluding carboxylic acids is 2. The Morgan fingerprint density at radius 3 is 3.00 bits per heavy atom. The quantitative estimate of drug-likeness (QED) is 0.828. The van der Waals surface area contributed by atoms with Crippen molar-refractivity contribution in [1.29, 1.82) is 0 Å². The van der Waals surface area contributed by atoms with Crippen LogP contribution in [0.5, 0.6) is 0 Å². The largest absolute Gasteiger partial charge is 0.346 e. The minimum atomic E-state index is 0.216. The van der Waals surface area contributed by atoms with Crippen LogP contribution in [-0.2, 0) is 16.1 Å². The van der Waals surface area contributed by atoms with Crippen LogP contribution in [0, 0.1) is 5.92 Å². The molecule has 0 aliphatic carbocycles. The van der Waals surface area contributed by atoms with Gasteiger partial charge in [0.15, 0.2) is 0 Å². The van der Waals surface area contributed by atoms with E-state index in [0.29, 0.717) is 25.3 Å². The van der Waals surface area contributed by atoms with Gasteiger partial charge >= 0.3 is 0 Å². The van der Waals surface area contributed by atoms with Crippen molar-refractivity contribution in [2.75, 3.05) is 26.2 Å². The fraction of sp³-hybridized carbons (Fsp3) is 0.550. The average Bonchev–Trinajstić information content (AvgIpc) is 3.26. The standard InChI is InChI=1S/C20H26N4O2/c25-19-4-2-10-23(19)14-16-3-1-9-24(15-16)20(26)7-12-22-11-6-17-5-8-21-13-18(17)22/h5-6,8,11,13,16H,1-4,7,9-10,12,14-15H2/t16-/m1/s1. The summed E-state index contributed by atoms with van der Waals surface area (Å²) in [5.74, 6) is 0.918. The van der Waals surface area contributed by atoms with E-state index in [2.05, 4.69) is 15.6 Å². The summed E-state index contributed by atoms with van der Waals surface area (Å²) in [6.45, 7) is 4.02. The van der Waals surface area contributed by atoms with Gasteiger partial charge in [0.2, 0.25) is 11.8 Å². The molecule has 0 bridgehead atoms. The van der Waals surface area contributed by atoms with Gasteiger partial charge in [-0.05, 0) is 37.3 Å². The molecule has 0 saturated carbocycles. The second-order valence-corrected chi connectivity index (χ2v) is 7.48. The molecule has 4 rings (SSSR count). The Hall–Kier alpha value is -2.37. The third-order valence-electron chi connectivity index (χ3n) is 5.66. The van der Waals surface area contributed by atoms with Gasteiger partial charge in [-0.2, -0.15) is 0 Å². The summed E-state index contributed by atoms with van der Waals surface area (Å²) in [7, 11) is 0. The smallest absolute Gasteiger partial charge is 0.224 e. The molecule has 1 atom stereocenters. The highest BCUT2D eigenvalue weighted by Gasteiger charge is 2.28. The Balaban J connectivity index is 1.32. The van der Waals surface area contributed by atoms with Gasteiger partial charge in [0.1, 0.15) is 0 Å². The van der Waals surface area contributed by atoms with E-state index in [-0.39, 0.29) is 11.8 Å². The van der Waals surface area contributed by atoms with Gasteiger partial charge in [-0.1, -0.05) is 0 Å². The van der Waals surface area contributed by atoms with E-state index in [1.54, 1.807) is 6.20 Å². The topological polar surface area (TPSA) is 58.4 Å². The Labute approximate surface area is 153 Å². The van der Waals surface area contributed by atoms with Gasteiger partial charge in [0.25, 0.3) is 0 Å². The molecule has 0 N–H and O–H groups in total. The molecule has 6 heteroatoms. The highest BCUT2D eigenvalue weighted by atomic mass is 16.2. The van der Waals surface area contributed by atoms with Crippen molar-refractivity contribution >= 4 is 22.7 Å². The van der Waals surface area contributed by atoms with Crippen molar-refractivity contribution in [3.05, 3.63) is 30.7 Å². The van der Waals surface area contributed by atoms with Gasteiger partial charge in [0, 0.05) is 63.3 Å². The lowest BCUT2D eigenvalue weighted by molar-refractivity contribution is -0.133. The van der Waals surface area contributed by atoms with E-state index in [9.17, 15) is 9.59 Å². The third-order valence-corrected chi connectivity index (χ3v) is 5.66. The summed E-state index contributed by atoms with van der Waals surface area (Å²) >= 11 is 0. The molecule has 0 radical (unpaired) electrons. The van der Waals surface area contributed by atoms with Crippen LogP contribution >= 0.6 is 0 Å². The fourth-order valence-electron chi connectivity index (χ4n) is 4.25. The number of piperidine rings is 1. The molecule has 6 nitrogen and oxygen atoms in total. The number of hydrogen-bond donors (Lipinski definition) is 0. The molecule has 2 fully saturated rings. The van der Waals surface area contributed by atoms with Crippen LogP contribution < -0.4 is 0 Å². The maximum Gasteiger partial charge on any atom is 0.224 e. The molecule has 138 valence electrons. The molecule has 2 saturated heterocycles. The molecular weight excluding hydrogens is 328 g/mol. The SMILES string of the molecule is O=C1CCCN1C[C@H]1CCCN(C(=O)CCn2ccc3ccncc32)C1. The molecule has 4 heterocycles. The van der Waals surface area contributed by atoms with Crippen molar-refractivity contribution in [2.24, 2.45) is 5.92 Å². The van der Waals surface area contributed by atoms with E-state index >= 15 is 0 Å². The highest BCUT2D eigenvalue weighted by molar-refractivity contribution is 5.80. The molecule has 26 heavy (non-hydrogen) atoms. The van der Waals surface area contributed by atoms with E-state index in [4.69, 9.17) is 0 Å². The summed E-state index contributed by atoms with van der Waals surface area (Å²) in [6, 6.07) is 4.05. The molecule has 2 aromatic heterocycles. The summed E-state index contributed by atoms with van der Waals surface area (Å²) in [5.41, 5.74) is 1.07. The van der Waals surface area contributed by atoms with Crippen LogP contribution in [0.1, 0.15) is 32.1 Å². The van der Waals surface area contributed by atoms with E-state index in [1.807, 2.05) is 28.3 Å². The number of carbonyl (C=O) groups is 2. The predicted octanol–water partition coefficient (Wildman–Crippen LogP) is 2.29. The van der Waals surface area contributed by atoms with Crippen LogP contribution in [0.2, 0.25) is 0 Å². The van der Waals surface area contributed by atoms with Gasteiger partial charge in [0.05, 0.1) is 11.7 Å². The van der Waals surface area contributed by atoms with Gasteiger partial charge in [-0.3, -0.25) is 14.6 Å². The van der Waals surface area contributed by atoms with E-state index in [0.717, 1.165) is 56.3 Å². The number of rotatable bonds is 5. The predicted molar refractivity (Wildman–Crippen MR) is 99.5 cm³/mol. The number of nitrogens with zero attached hydrogens (tertiary/aromatic N) is 4. The van der Waals surface area contributed by atoms with Crippen LogP contribution in [-0.4, -0.2) is 57.3 Å². The van der Waals surface area contributed by atoms with Gasteiger partial charge in [-0.25, -0.2) is 0 Å². The first kappa shape index (κ1) is 17.1. The highest BCUT2D eigenvalue weighted by Crippen LogP contribution is 2.21. The minimum absolute atomic E-state index is 0.216. The molecule has 2 aromatic rings. The normalized spacial score (nSPS) is 20.9. The summed E-state index contributed by atoms with van der Waals surface area (Å²) in [4.78, 5) is 32.7. The van der Waals surface area contributed by atoms with Crippen molar-refractivity contribution < 1.29 is 9.59 Å². The van der Waals surface area contributed by atoms with Gasteiger partial charge in [-0.15, -0.1) is 0 Å². The molecule has 0 unspecified atom stereocenters. The van der Waals surface area contributed by atoms with Crippen LogP contribution in [0.4, 0.5) is 0 Å². The molecule has 2 aliphatic heterocycles. The Kier molecular flexibility index (Phi) is 4.91. The fourth-order valence-corrected chi connectivity index (χ4v) is 4.25. The molecule has 0 aromatic carbocycles. The molecule has 2 amide bonds. The first-order valence-corrected chi connectivity index (χ1v) is 9.65. The molecular formula is C20H26N4O2. The van der Waals surface area contributed by atoms with Crippen molar-refractivity contribution in [3.63, 3.8) is 0 Å². The van der Waals surface area contributed by atoms with Crippen molar-refractivity contribution in [1.82, 2.24) is 19.4 Å². The second-order valence-electron chi connectivity index (χ2n) is 7.48. The first-order chi connectivity index (χ1) is 12.7. The monoisotopic (exact) mass is 354 g/mol. The molecule has 2 aliphatic rings. The van der Waals surface area contributed by atoms with Crippen LogP contribution in [0.3, 0.4) is 0 Å². The molecule has 0 spiro atoms. The Bertz CT molecular complexity index is 800. The van der Waals surface area contributed by atoms with Crippen LogP contribution in [0.15, 0.2) is 30.7 Å². The zero-order chi connectivity index (χ0) is 17.9. The number of aryl methyl sites for hydroxylation is 1. The average molecular weight is 354 g/mol. The zero-order valence-electron chi connectivity index (χ0n) is 15.1. The van der Waals surface area contributed by atoms with Crippen molar-refractivity contribution in [3.8, 4) is 0 Å². The van der Waals surface area contributed by atoms with Gasteiger partial charge < -0.3 is 14.4 Å². The number of likely N-dealkylation sites (tertiary alicyclic amines) is 2. The maximum atomic E-state index is 12.7. The maximum absolute atomic E-state index is 12.7. The summed E-state index contributed by atoms with van der Waals surface area (Å²) in [6.07, 6.45) is 9.99.